The van der Waals surface area contributed by atoms with E-state index in [1.165, 1.54) is 128 Å². The van der Waals surface area contributed by atoms with Crippen LogP contribution in [0.1, 0.15) is 219 Å². The van der Waals surface area contributed by atoms with Gasteiger partial charge in [-0.2, -0.15) is 0 Å². The van der Waals surface area contributed by atoms with E-state index in [0.29, 0.717) is 32.1 Å². The van der Waals surface area contributed by atoms with Crippen molar-refractivity contribution in [3.05, 3.63) is 0 Å². The van der Waals surface area contributed by atoms with E-state index in [2.05, 4.69) is 24.5 Å². The van der Waals surface area contributed by atoms with Crippen LogP contribution in [0.15, 0.2) is 0 Å². The minimum atomic E-state index is 0.110. The van der Waals surface area contributed by atoms with Crippen molar-refractivity contribution in [2.75, 3.05) is 26.2 Å². The van der Waals surface area contributed by atoms with Gasteiger partial charge in [0.2, 0.25) is 17.7 Å². The topological polar surface area (TPSA) is 78.5 Å². The SMILES string of the molecule is [B]CCN(CCCCCCNC(=O)CCCCCCCCCCCCCC)C(=O)CCCCC(=O)NCCCCCCCCCCCCC. The van der Waals surface area contributed by atoms with Gasteiger partial charge in [-0.05, 0) is 38.5 Å². The second-order valence-corrected chi connectivity index (χ2v) is 14.7. The molecule has 0 aromatic carbocycles. The van der Waals surface area contributed by atoms with Crippen LogP contribution in [0, 0.1) is 0 Å². The highest BCUT2D eigenvalue weighted by Crippen LogP contribution is 2.14. The van der Waals surface area contributed by atoms with Crippen molar-refractivity contribution < 1.29 is 14.4 Å². The van der Waals surface area contributed by atoms with Gasteiger partial charge in [0.25, 0.3) is 0 Å². The minimum absolute atomic E-state index is 0.110. The lowest BCUT2D eigenvalue weighted by Crippen LogP contribution is -2.32. The molecule has 2 N–H and O–H groups in total. The van der Waals surface area contributed by atoms with Gasteiger partial charge < -0.3 is 15.5 Å². The Bertz CT molecular complexity index is 736. The molecular formula is C42H82BN3O3. The number of carbonyl (C=O) groups is 3. The van der Waals surface area contributed by atoms with Crippen LogP contribution < -0.4 is 10.6 Å². The van der Waals surface area contributed by atoms with E-state index in [1.807, 2.05) is 4.90 Å². The van der Waals surface area contributed by atoms with Crippen molar-refractivity contribution in [3.8, 4) is 0 Å². The van der Waals surface area contributed by atoms with E-state index in [-0.39, 0.29) is 17.7 Å². The Hall–Kier alpha value is -1.53. The maximum absolute atomic E-state index is 12.8. The first-order chi connectivity index (χ1) is 24.0. The molecule has 49 heavy (non-hydrogen) atoms. The molecule has 0 aliphatic rings. The fourth-order valence-corrected chi connectivity index (χ4v) is 6.57. The van der Waals surface area contributed by atoms with Gasteiger partial charge in [0.15, 0.2) is 0 Å². The van der Waals surface area contributed by atoms with E-state index in [1.54, 1.807) is 0 Å². The average molecular weight is 688 g/mol. The first-order valence-electron chi connectivity index (χ1n) is 21.6. The van der Waals surface area contributed by atoms with Gasteiger partial charge in [-0.3, -0.25) is 14.4 Å². The Morgan fingerprint density at radius 3 is 1.14 bits per heavy atom. The molecule has 3 amide bonds. The molecule has 0 aromatic rings. The lowest BCUT2D eigenvalue weighted by molar-refractivity contribution is -0.131. The number of hydrogen-bond donors (Lipinski definition) is 2. The third-order valence-corrected chi connectivity index (χ3v) is 9.83. The maximum Gasteiger partial charge on any atom is 0.222 e. The van der Waals surface area contributed by atoms with E-state index in [0.717, 1.165) is 77.4 Å². The summed E-state index contributed by atoms with van der Waals surface area (Å²) in [5.74, 6) is 0.449. The molecule has 0 aromatic heterocycles. The van der Waals surface area contributed by atoms with Crippen molar-refractivity contribution in [2.24, 2.45) is 0 Å². The van der Waals surface area contributed by atoms with Crippen LogP contribution in [0.25, 0.3) is 0 Å². The van der Waals surface area contributed by atoms with Crippen LogP contribution in [-0.2, 0) is 14.4 Å². The highest BCUT2D eigenvalue weighted by Gasteiger charge is 2.12. The van der Waals surface area contributed by atoms with Gasteiger partial charge in [-0.15, -0.1) is 0 Å². The number of nitrogens with one attached hydrogen (secondary N) is 2. The standard InChI is InChI=1S/C42H82BN3O3/c1-3-5-7-9-11-13-15-16-18-20-22-26-32-40(47)44-37-30-24-25-31-38-46(39-35-43)42(49)34-28-27-33-41(48)45-36-29-23-21-19-17-14-12-10-8-6-4-2/h3-39H2,1-2H3,(H,44,47)(H,45,48). The van der Waals surface area contributed by atoms with Crippen LogP contribution >= 0.6 is 0 Å². The molecule has 0 aliphatic carbocycles. The first kappa shape index (κ1) is 47.5. The summed E-state index contributed by atoms with van der Waals surface area (Å²) in [7, 11) is 5.78. The Morgan fingerprint density at radius 1 is 0.408 bits per heavy atom. The summed E-state index contributed by atoms with van der Waals surface area (Å²) in [6.45, 7) is 7.37. The van der Waals surface area contributed by atoms with Crippen molar-refractivity contribution in [1.29, 1.82) is 0 Å². The smallest absolute Gasteiger partial charge is 0.222 e. The molecule has 6 nitrogen and oxygen atoms in total. The molecular weight excluding hydrogens is 605 g/mol. The molecule has 2 radical (unpaired) electrons. The largest absolute Gasteiger partial charge is 0.356 e. The summed E-state index contributed by atoms with van der Waals surface area (Å²) in [6.07, 6.45) is 37.8. The van der Waals surface area contributed by atoms with Crippen LogP contribution in [-0.4, -0.2) is 56.6 Å². The van der Waals surface area contributed by atoms with Crippen molar-refractivity contribution in [3.63, 3.8) is 0 Å². The predicted molar refractivity (Wildman–Crippen MR) is 212 cm³/mol. The number of rotatable bonds is 39. The molecule has 0 bridgehead atoms. The van der Waals surface area contributed by atoms with E-state index >= 15 is 0 Å². The Kier molecular flexibility index (Phi) is 38.0. The van der Waals surface area contributed by atoms with Crippen molar-refractivity contribution in [2.45, 2.75) is 226 Å². The zero-order chi connectivity index (χ0) is 35.9. The molecule has 0 rings (SSSR count). The molecule has 0 unspecified atom stereocenters. The van der Waals surface area contributed by atoms with E-state index < -0.39 is 0 Å². The Labute approximate surface area is 306 Å². The van der Waals surface area contributed by atoms with E-state index in [4.69, 9.17) is 7.85 Å². The third kappa shape index (κ3) is 36.1. The van der Waals surface area contributed by atoms with Crippen molar-refractivity contribution in [1.82, 2.24) is 15.5 Å². The summed E-state index contributed by atoms with van der Waals surface area (Å²) in [6, 6.07) is 0. The second kappa shape index (κ2) is 39.3. The van der Waals surface area contributed by atoms with E-state index in [9.17, 15) is 14.4 Å². The van der Waals surface area contributed by atoms with Crippen LogP contribution in [0.5, 0.6) is 0 Å². The first-order valence-corrected chi connectivity index (χ1v) is 21.6. The summed E-state index contributed by atoms with van der Waals surface area (Å²) in [5, 5.41) is 6.13. The zero-order valence-corrected chi connectivity index (χ0v) is 32.9. The number of unbranched alkanes of at least 4 members (excludes halogenated alkanes) is 25. The maximum atomic E-state index is 12.8. The minimum Gasteiger partial charge on any atom is -0.356 e. The highest BCUT2D eigenvalue weighted by molar-refractivity contribution is 6.08. The molecule has 0 saturated carbocycles. The van der Waals surface area contributed by atoms with Crippen molar-refractivity contribution >= 4 is 25.6 Å². The van der Waals surface area contributed by atoms with Gasteiger partial charge in [0, 0.05) is 45.4 Å². The van der Waals surface area contributed by atoms with Crippen LogP contribution in [0.3, 0.4) is 0 Å². The van der Waals surface area contributed by atoms with Gasteiger partial charge in [0.1, 0.15) is 0 Å². The molecule has 0 saturated heterocycles. The quantitative estimate of drug-likeness (QED) is 0.0499. The molecule has 0 aliphatic heterocycles. The monoisotopic (exact) mass is 688 g/mol. The predicted octanol–water partition coefficient (Wildman–Crippen LogP) is 11.2. The second-order valence-electron chi connectivity index (χ2n) is 14.7. The molecule has 286 valence electrons. The van der Waals surface area contributed by atoms with Gasteiger partial charge in [0.05, 0.1) is 7.85 Å². The molecule has 0 spiro atoms. The summed E-state index contributed by atoms with van der Waals surface area (Å²) < 4.78 is 0. The average Bonchev–Trinajstić information content (AvgIpc) is 3.10. The normalized spacial score (nSPS) is 11.1. The number of carbonyl (C=O) groups excluding carboxylic acids is 3. The number of nitrogens with zero attached hydrogens (tertiary/aromatic N) is 1. The fourth-order valence-electron chi connectivity index (χ4n) is 6.57. The lowest BCUT2D eigenvalue weighted by atomic mass is 10.0. The summed E-state index contributed by atoms with van der Waals surface area (Å²) in [4.78, 5) is 39.0. The summed E-state index contributed by atoms with van der Waals surface area (Å²) >= 11 is 0. The van der Waals surface area contributed by atoms with Gasteiger partial charge >= 0.3 is 0 Å². The molecule has 7 heteroatoms. The number of hydrogen-bond acceptors (Lipinski definition) is 3. The summed E-state index contributed by atoms with van der Waals surface area (Å²) in [5.41, 5.74) is 0. The molecule has 0 atom stereocenters. The fraction of sp³-hybridized carbons (Fsp3) is 0.929. The number of amides is 3. The highest BCUT2D eigenvalue weighted by atomic mass is 16.2. The van der Waals surface area contributed by atoms with Crippen LogP contribution in [0.2, 0.25) is 6.32 Å². The van der Waals surface area contributed by atoms with Gasteiger partial charge in [-0.25, -0.2) is 0 Å². The Balaban J connectivity index is 3.65. The molecule has 0 fully saturated rings. The molecule has 0 heterocycles. The van der Waals surface area contributed by atoms with Crippen LogP contribution in [0.4, 0.5) is 0 Å². The third-order valence-electron chi connectivity index (χ3n) is 9.83. The van der Waals surface area contributed by atoms with Gasteiger partial charge in [-0.1, -0.05) is 168 Å². The Morgan fingerprint density at radius 2 is 0.735 bits per heavy atom. The lowest BCUT2D eigenvalue weighted by Gasteiger charge is -2.22. The zero-order valence-electron chi connectivity index (χ0n) is 32.9.